The molecule has 0 aromatic carbocycles. The maximum absolute atomic E-state index is 7.31. The Labute approximate surface area is 83.4 Å². The Hall–Kier alpha value is -1.58. The highest BCUT2D eigenvalue weighted by molar-refractivity contribution is 5.74. The molecule has 1 aromatic heterocycles. The van der Waals surface area contributed by atoms with E-state index in [0.717, 1.165) is 5.56 Å². The third-order valence-corrected chi connectivity index (χ3v) is 1.55. The predicted octanol–water partition coefficient (Wildman–Crippen LogP) is 1.78. The van der Waals surface area contributed by atoms with Crippen LogP contribution < -0.4 is 4.74 Å². The van der Waals surface area contributed by atoms with Crippen LogP contribution in [-0.2, 0) is 4.74 Å². The van der Waals surface area contributed by atoms with E-state index in [9.17, 15) is 0 Å². The predicted molar refractivity (Wildman–Crippen MR) is 53.8 cm³/mol. The van der Waals surface area contributed by atoms with E-state index in [1.165, 1.54) is 0 Å². The molecule has 0 aliphatic carbocycles. The molecule has 0 spiro atoms. The second-order valence-electron chi connectivity index (χ2n) is 2.82. The summed E-state index contributed by atoms with van der Waals surface area (Å²) < 4.78 is 10.1. The minimum atomic E-state index is 0.120. The van der Waals surface area contributed by atoms with E-state index in [-0.39, 0.29) is 12.5 Å². The van der Waals surface area contributed by atoms with Crippen molar-refractivity contribution in [2.45, 2.75) is 13.8 Å². The van der Waals surface area contributed by atoms with Gasteiger partial charge in [-0.2, -0.15) is 0 Å². The maximum Gasteiger partial charge on any atom is 0.219 e. The third-order valence-electron chi connectivity index (χ3n) is 1.55. The molecule has 0 unspecified atom stereocenters. The third kappa shape index (κ3) is 3.43. The summed E-state index contributed by atoms with van der Waals surface area (Å²) in [6.45, 7) is 4.41. The molecule has 1 N–H and O–H groups in total. The lowest BCUT2D eigenvalue weighted by Crippen LogP contribution is -2.14. The highest BCUT2D eigenvalue weighted by Gasteiger charge is 1.99. The zero-order valence-corrected chi connectivity index (χ0v) is 8.41. The fourth-order valence-electron chi connectivity index (χ4n) is 0.895. The molecule has 1 heterocycles. The standard InChI is InChI=1S/C10H14N2O2/c1-3-13-9(11)7-14-10-5-4-8(2)6-12-10/h4-6,11H,3,7H2,1-2H3. The number of aromatic nitrogens is 1. The normalized spacial score (nSPS) is 9.57. The lowest BCUT2D eigenvalue weighted by Gasteiger charge is -2.06. The van der Waals surface area contributed by atoms with Crippen molar-refractivity contribution < 1.29 is 9.47 Å². The van der Waals surface area contributed by atoms with Crippen molar-refractivity contribution >= 4 is 5.90 Å². The first-order valence-electron chi connectivity index (χ1n) is 4.48. The Morgan fingerprint density at radius 3 is 2.86 bits per heavy atom. The Morgan fingerprint density at radius 1 is 1.50 bits per heavy atom. The molecule has 0 atom stereocenters. The lowest BCUT2D eigenvalue weighted by atomic mass is 10.3. The van der Waals surface area contributed by atoms with Crippen molar-refractivity contribution in [3.63, 3.8) is 0 Å². The van der Waals surface area contributed by atoms with Crippen LogP contribution in [0.15, 0.2) is 18.3 Å². The zero-order chi connectivity index (χ0) is 10.4. The Morgan fingerprint density at radius 2 is 2.29 bits per heavy atom. The molecule has 14 heavy (non-hydrogen) atoms. The quantitative estimate of drug-likeness (QED) is 0.587. The number of pyridine rings is 1. The number of hydrogen-bond donors (Lipinski definition) is 1. The van der Waals surface area contributed by atoms with Crippen molar-refractivity contribution in [2.24, 2.45) is 0 Å². The van der Waals surface area contributed by atoms with E-state index < -0.39 is 0 Å². The molecule has 0 amide bonds. The van der Waals surface area contributed by atoms with Crippen LogP contribution in [0.5, 0.6) is 5.88 Å². The minimum Gasteiger partial charge on any atom is -0.479 e. The molecule has 4 nitrogen and oxygen atoms in total. The lowest BCUT2D eigenvalue weighted by molar-refractivity contribution is 0.268. The van der Waals surface area contributed by atoms with Crippen LogP contribution in [0.1, 0.15) is 12.5 Å². The van der Waals surface area contributed by atoms with Crippen molar-refractivity contribution in [3.05, 3.63) is 23.9 Å². The van der Waals surface area contributed by atoms with E-state index in [1.807, 2.05) is 19.9 Å². The Balaban J connectivity index is 2.38. The summed E-state index contributed by atoms with van der Waals surface area (Å²) >= 11 is 0. The summed E-state index contributed by atoms with van der Waals surface area (Å²) in [6, 6.07) is 3.68. The maximum atomic E-state index is 7.31. The van der Waals surface area contributed by atoms with Crippen LogP contribution in [0.4, 0.5) is 0 Å². The fraction of sp³-hybridized carbons (Fsp3) is 0.400. The van der Waals surface area contributed by atoms with Gasteiger partial charge in [0.25, 0.3) is 0 Å². The van der Waals surface area contributed by atoms with E-state index in [2.05, 4.69) is 4.98 Å². The molecule has 1 aromatic rings. The second kappa shape index (κ2) is 5.21. The van der Waals surface area contributed by atoms with Gasteiger partial charge in [0.2, 0.25) is 11.8 Å². The van der Waals surface area contributed by atoms with Gasteiger partial charge in [0.05, 0.1) is 6.61 Å². The van der Waals surface area contributed by atoms with Crippen molar-refractivity contribution in [3.8, 4) is 5.88 Å². The first-order chi connectivity index (χ1) is 6.72. The smallest absolute Gasteiger partial charge is 0.219 e. The monoisotopic (exact) mass is 194 g/mol. The van der Waals surface area contributed by atoms with Gasteiger partial charge in [-0.25, -0.2) is 4.98 Å². The molecule has 0 aliphatic heterocycles. The molecule has 0 aliphatic rings. The molecule has 76 valence electrons. The van der Waals surface area contributed by atoms with Gasteiger partial charge in [0.15, 0.2) is 6.61 Å². The van der Waals surface area contributed by atoms with Crippen LogP contribution in [0.3, 0.4) is 0 Å². The molecule has 1 rings (SSSR count). The molecular formula is C10H14N2O2. The summed E-state index contributed by atoms with van der Waals surface area (Å²) in [4.78, 5) is 4.04. The highest BCUT2D eigenvalue weighted by atomic mass is 16.5. The van der Waals surface area contributed by atoms with Crippen LogP contribution in [0.25, 0.3) is 0 Å². The first-order valence-corrected chi connectivity index (χ1v) is 4.48. The molecule has 0 fully saturated rings. The van der Waals surface area contributed by atoms with Crippen molar-refractivity contribution in [1.29, 1.82) is 5.41 Å². The zero-order valence-electron chi connectivity index (χ0n) is 8.41. The molecular weight excluding hydrogens is 180 g/mol. The summed E-state index contributed by atoms with van der Waals surface area (Å²) in [5, 5.41) is 7.31. The largest absolute Gasteiger partial charge is 0.479 e. The molecule has 0 bridgehead atoms. The van der Waals surface area contributed by atoms with Gasteiger partial charge in [-0.05, 0) is 19.4 Å². The highest BCUT2D eigenvalue weighted by Crippen LogP contribution is 2.06. The second-order valence-corrected chi connectivity index (χ2v) is 2.82. The van der Waals surface area contributed by atoms with Crippen molar-refractivity contribution in [2.75, 3.05) is 13.2 Å². The van der Waals surface area contributed by atoms with Gasteiger partial charge in [-0.3, -0.25) is 5.41 Å². The molecule has 0 radical (unpaired) electrons. The van der Waals surface area contributed by atoms with Crippen LogP contribution in [0, 0.1) is 12.3 Å². The van der Waals surface area contributed by atoms with Crippen LogP contribution >= 0.6 is 0 Å². The topological polar surface area (TPSA) is 55.2 Å². The summed E-state index contributed by atoms with van der Waals surface area (Å²) in [5.74, 6) is 0.634. The molecule has 4 heteroatoms. The molecule has 0 saturated heterocycles. The average molecular weight is 194 g/mol. The van der Waals surface area contributed by atoms with Gasteiger partial charge >= 0.3 is 0 Å². The number of aryl methyl sites for hydroxylation is 1. The molecule has 0 saturated carbocycles. The SMILES string of the molecule is CCOC(=N)COc1ccc(C)cn1. The Bertz CT molecular complexity index is 295. The summed E-state index contributed by atoms with van der Waals surface area (Å²) in [5.41, 5.74) is 1.08. The van der Waals surface area contributed by atoms with Crippen LogP contribution in [0.2, 0.25) is 0 Å². The van der Waals surface area contributed by atoms with Gasteiger partial charge in [0, 0.05) is 12.3 Å². The Kier molecular flexibility index (Phi) is 3.91. The summed E-state index contributed by atoms with van der Waals surface area (Å²) in [6.07, 6.45) is 1.72. The number of nitrogens with zero attached hydrogens (tertiary/aromatic N) is 1. The van der Waals surface area contributed by atoms with E-state index in [4.69, 9.17) is 14.9 Å². The van der Waals surface area contributed by atoms with Gasteiger partial charge < -0.3 is 9.47 Å². The number of hydrogen-bond acceptors (Lipinski definition) is 4. The number of nitrogens with one attached hydrogen (secondary N) is 1. The van der Waals surface area contributed by atoms with Gasteiger partial charge in [-0.1, -0.05) is 6.07 Å². The average Bonchev–Trinajstić information content (AvgIpc) is 2.17. The number of ether oxygens (including phenoxy) is 2. The van der Waals surface area contributed by atoms with Gasteiger partial charge in [0.1, 0.15) is 0 Å². The van der Waals surface area contributed by atoms with E-state index in [1.54, 1.807) is 12.3 Å². The summed E-state index contributed by atoms with van der Waals surface area (Å²) in [7, 11) is 0. The van der Waals surface area contributed by atoms with E-state index >= 15 is 0 Å². The first kappa shape index (κ1) is 10.5. The van der Waals surface area contributed by atoms with E-state index in [0.29, 0.717) is 12.5 Å². The number of rotatable bonds is 4. The van der Waals surface area contributed by atoms with Gasteiger partial charge in [-0.15, -0.1) is 0 Å². The van der Waals surface area contributed by atoms with Crippen LogP contribution in [-0.4, -0.2) is 24.1 Å². The minimum absolute atomic E-state index is 0.120. The van der Waals surface area contributed by atoms with Crippen molar-refractivity contribution in [1.82, 2.24) is 4.98 Å². The fourth-order valence-corrected chi connectivity index (χ4v) is 0.895.